The minimum absolute atomic E-state index is 0.0741. The Kier molecular flexibility index (Phi) is 2.83. The molecule has 3 aromatic carbocycles. The summed E-state index contributed by atoms with van der Waals surface area (Å²) >= 11 is 0. The lowest BCUT2D eigenvalue weighted by Gasteiger charge is -2.15. The Bertz CT molecular complexity index is 918. The number of methoxy groups -OCH3 is 1. The molecule has 0 fully saturated rings. The van der Waals surface area contributed by atoms with Crippen LogP contribution in [0.3, 0.4) is 0 Å². The van der Waals surface area contributed by atoms with Crippen LogP contribution in [0.2, 0.25) is 0 Å². The molecular formula is C20H14O2. The third-order valence-corrected chi connectivity index (χ3v) is 4.15. The number of carbonyl (C=O) groups excluding carboxylic acids is 1. The Labute approximate surface area is 128 Å². The van der Waals surface area contributed by atoms with Crippen molar-refractivity contribution in [3.8, 4) is 16.9 Å². The van der Waals surface area contributed by atoms with E-state index in [1.165, 1.54) is 0 Å². The zero-order chi connectivity index (χ0) is 15.1. The topological polar surface area (TPSA) is 26.3 Å². The molecule has 0 saturated carbocycles. The summed E-state index contributed by atoms with van der Waals surface area (Å²) in [5.74, 6) is 0.912. The first kappa shape index (κ1) is 12.8. The van der Waals surface area contributed by atoms with Crippen molar-refractivity contribution in [3.63, 3.8) is 0 Å². The van der Waals surface area contributed by atoms with Crippen LogP contribution in [0.15, 0.2) is 60.7 Å². The van der Waals surface area contributed by atoms with E-state index in [9.17, 15) is 4.79 Å². The average molecular weight is 286 g/mol. The van der Waals surface area contributed by atoms with Crippen LogP contribution >= 0.6 is 0 Å². The molecular weight excluding hydrogens is 272 g/mol. The normalized spacial score (nSPS) is 12.7. The number of hydrogen-bond donors (Lipinski definition) is 0. The molecule has 4 rings (SSSR count). The average Bonchev–Trinajstić information content (AvgIpc) is 2.58. The molecule has 2 heteroatoms. The van der Waals surface area contributed by atoms with Gasteiger partial charge in [0.1, 0.15) is 5.75 Å². The number of ether oxygens (including phenoxy) is 1. The largest absolute Gasteiger partial charge is 0.497 e. The van der Waals surface area contributed by atoms with Gasteiger partial charge < -0.3 is 4.74 Å². The summed E-state index contributed by atoms with van der Waals surface area (Å²) in [5, 5.41) is 2.15. The van der Waals surface area contributed by atoms with Crippen molar-refractivity contribution in [1.82, 2.24) is 0 Å². The predicted molar refractivity (Wildman–Crippen MR) is 89.3 cm³/mol. The lowest BCUT2D eigenvalue weighted by Crippen LogP contribution is -2.01. The molecule has 0 heterocycles. The van der Waals surface area contributed by atoms with Crippen LogP contribution in [0, 0.1) is 0 Å². The van der Waals surface area contributed by atoms with Crippen LogP contribution in [0.4, 0.5) is 0 Å². The van der Waals surface area contributed by atoms with Gasteiger partial charge in [-0.3, -0.25) is 4.79 Å². The molecule has 0 atom stereocenters. The Morgan fingerprint density at radius 1 is 0.818 bits per heavy atom. The summed E-state index contributed by atoms with van der Waals surface area (Å²) in [4.78, 5) is 12.1. The molecule has 0 N–H and O–H groups in total. The molecule has 0 aromatic heterocycles. The fourth-order valence-corrected chi connectivity index (χ4v) is 3.06. The Morgan fingerprint density at radius 2 is 1.64 bits per heavy atom. The number of benzene rings is 3. The molecule has 106 valence electrons. The van der Waals surface area contributed by atoms with E-state index < -0.39 is 0 Å². The fraction of sp³-hybridized carbons (Fsp3) is 0.0500. The minimum Gasteiger partial charge on any atom is -0.497 e. The van der Waals surface area contributed by atoms with E-state index in [0.29, 0.717) is 0 Å². The van der Waals surface area contributed by atoms with Gasteiger partial charge in [-0.15, -0.1) is 0 Å². The van der Waals surface area contributed by atoms with Gasteiger partial charge in [-0.1, -0.05) is 48.5 Å². The van der Waals surface area contributed by atoms with E-state index in [4.69, 9.17) is 4.74 Å². The highest BCUT2D eigenvalue weighted by Gasteiger charge is 2.16. The first-order valence-electron chi connectivity index (χ1n) is 7.20. The summed E-state index contributed by atoms with van der Waals surface area (Å²) in [6, 6.07) is 18.1. The van der Waals surface area contributed by atoms with Gasteiger partial charge >= 0.3 is 0 Å². The van der Waals surface area contributed by atoms with Gasteiger partial charge in [0.2, 0.25) is 0 Å². The smallest absolute Gasteiger partial charge is 0.186 e. The van der Waals surface area contributed by atoms with Crippen LogP contribution < -0.4 is 4.74 Å². The Balaban J connectivity index is 2.00. The van der Waals surface area contributed by atoms with Gasteiger partial charge in [0.25, 0.3) is 0 Å². The number of allylic oxidation sites excluding steroid dienone is 1. The van der Waals surface area contributed by atoms with Gasteiger partial charge in [0.05, 0.1) is 7.11 Å². The second kappa shape index (κ2) is 4.85. The zero-order valence-corrected chi connectivity index (χ0v) is 12.2. The molecule has 1 aliphatic rings. The van der Waals surface area contributed by atoms with Crippen molar-refractivity contribution in [2.24, 2.45) is 0 Å². The second-order valence-corrected chi connectivity index (χ2v) is 5.36. The fourth-order valence-electron chi connectivity index (χ4n) is 3.06. The highest BCUT2D eigenvalue weighted by Crippen LogP contribution is 2.36. The van der Waals surface area contributed by atoms with Crippen LogP contribution in [-0.2, 0) is 0 Å². The molecule has 0 aliphatic heterocycles. The molecule has 0 saturated heterocycles. The number of hydrogen-bond acceptors (Lipinski definition) is 2. The molecule has 0 unspecified atom stereocenters. The maximum Gasteiger partial charge on any atom is 0.186 e. The van der Waals surface area contributed by atoms with Gasteiger partial charge in [-0.05, 0) is 40.3 Å². The Hall–Kier alpha value is -2.87. The molecule has 1 aliphatic carbocycles. The molecule has 2 nitrogen and oxygen atoms in total. The minimum atomic E-state index is 0.0741. The highest BCUT2D eigenvalue weighted by molar-refractivity contribution is 6.21. The maximum absolute atomic E-state index is 12.1. The first-order chi connectivity index (χ1) is 10.8. The van der Waals surface area contributed by atoms with Crippen LogP contribution in [0.1, 0.15) is 15.9 Å². The van der Waals surface area contributed by atoms with E-state index >= 15 is 0 Å². The third-order valence-electron chi connectivity index (χ3n) is 4.15. The zero-order valence-electron chi connectivity index (χ0n) is 12.2. The molecule has 0 spiro atoms. The summed E-state index contributed by atoms with van der Waals surface area (Å²) in [6.45, 7) is 0. The summed E-state index contributed by atoms with van der Waals surface area (Å²) in [7, 11) is 1.66. The molecule has 3 aromatic rings. The van der Waals surface area contributed by atoms with Gasteiger partial charge in [-0.25, -0.2) is 0 Å². The quantitative estimate of drug-likeness (QED) is 0.681. The number of rotatable bonds is 2. The van der Waals surface area contributed by atoms with Crippen molar-refractivity contribution >= 4 is 22.6 Å². The molecule has 0 bridgehead atoms. The van der Waals surface area contributed by atoms with Crippen LogP contribution in [-0.4, -0.2) is 12.9 Å². The van der Waals surface area contributed by atoms with Crippen LogP contribution in [0.5, 0.6) is 5.75 Å². The van der Waals surface area contributed by atoms with E-state index in [1.807, 2.05) is 42.5 Å². The maximum atomic E-state index is 12.1. The number of ketones is 1. The molecule has 0 radical (unpaired) electrons. The number of carbonyl (C=O) groups is 1. The molecule has 22 heavy (non-hydrogen) atoms. The summed E-state index contributed by atoms with van der Waals surface area (Å²) in [6.07, 6.45) is 3.54. The van der Waals surface area contributed by atoms with E-state index in [2.05, 4.69) is 18.2 Å². The van der Waals surface area contributed by atoms with Gasteiger partial charge in [-0.2, -0.15) is 0 Å². The first-order valence-corrected chi connectivity index (χ1v) is 7.20. The summed E-state index contributed by atoms with van der Waals surface area (Å²) in [5.41, 5.74) is 4.13. The predicted octanol–water partition coefficient (Wildman–Crippen LogP) is 4.72. The molecule has 0 amide bonds. The highest BCUT2D eigenvalue weighted by atomic mass is 16.5. The van der Waals surface area contributed by atoms with Crippen molar-refractivity contribution in [1.29, 1.82) is 0 Å². The lowest BCUT2D eigenvalue weighted by atomic mass is 9.88. The van der Waals surface area contributed by atoms with Crippen LogP contribution in [0.25, 0.3) is 28.0 Å². The van der Waals surface area contributed by atoms with E-state index in [0.717, 1.165) is 38.8 Å². The van der Waals surface area contributed by atoms with Gasteiger partial charge in [0, 0.05) is 10.9 Å². The second-order valence-electron chi connectivity index (χ2n) is 5.36. The lowest BCUT2D eigenvalue weighted by molar-refractivity contribution is 0.104. The van der Waals surface area contributed by atoms with Crippen molar-refractivity contribution in [2.75, 3.05) is 7.11 Å². The van der Waals surface area contributed by atoms with E-state index in [1.54, 1.807) is 13.2 Å². The standard InChI is InChI=1S/C20H14O2/c1-22-15-9-5-13(6-10-15)16-11-7-14-8-12-19(21)18-4-2-3-17(16)20(14)18/h2-12H,1H3. The van der Waals surface area contributed by atoms with Crippen molar-refractivity contribution < 1.29 is 9.53 Å². The summed E-state index contributed by atoms with van der Waals surface area (Å²) < 4.78 is 5.22. The van der Waals surface area contributed by atoms with Crippen molar-refractivity contribution in [3.05, 3.63) is 71.8 Å². The van der Waals surface area contributed by atoms with Crippen molar-refractivity contribution in [2.45, 2.75) is 0 Å². The third kappa shape index (κ3) is 1.85. The Morgan fingerprint density at radius 3 is 2.41 bits per heavy atom. The van der Waals surface area contributed by atoms with Gasteiger partial charge in [0.15, 0.2) is 5.78 Å². The van der Waals surface area contributed by atoms with E-state index in [-0.39, 0.29) is 5.78 Å². The monoisotopic (exact) mass is 286 g/mol. The SMILES string of the molecule is COc1ccc(-c2ccc3c4c(cccc24)C(=O)C=C3)cc1.